The van der Waals surface area contributed by atoms with E-state index in [2.05, 4.69) is 5.32 Å². The number of anilines is 2. The molecule has 0 saturated heterocycles. The molecular weight excluding hydrogens is 391 g/mol. The summed E-state index contributed by atoms with van der Waals surface area (Å²) in [5, 5.41) is 3.17. The van der Waals surface area contributed by atoms with Crippen LogP contribution in [0, 0.1) is 0 Å². The van der Waals surface area contributed by atoms with E-state index in [1.165, 1.54) is 24.3 Å². The number of halogens is 2. The van der Waals surface area contributed by atoms with Crippen molar-refractivity contribution < 1.29 is 19.1 Å². The van der Waals surface area contributed by atoms with Crippen molar-refractivity contribution in [2.24, 2.45) is 0 Å². The lowest BCUT2D eigenvalue weighted by atomic mass is 10.2. The number of hydrogen-bond donors (Lipinski definition) is 1. The fourth-order valence-electron chi connectivity index (χ4n) is 2.48. The van der Waals surface area contributed by atoms with Crippen LogP contribution in [0.5, 0.6) is 0 Å². The van der Waals surface area contributed by atoms with E-state index in [1.807, 2.05) is 0 Å². The molecule has 27 heavy (non-hydrogen) atoms. The highest BCUT2D eigenvalue weighted by Gasteiger charge is 2.39. The van der Waals surface area contributed by atoms with Crippen molar-refractivity contribution >= 4 is 52.4 Å². The van der Waals surface area contributed by atoms with Crippen LogP contribution in [0.4, 0.5) is 11.4 Å². The van der Waals surface area contributed by atoms with Crippen LogP contribution >= 0.6 is 23.2 Å². The van der Waals surface area contributed by atoms with Gasteiger partial charge < -0.3 is 10.1 Å². The first-order chi connectivity index (χ1) is 12.9. The van der Waals surface area contributed by atoms with Gasteiger partial charge in [-0.05, 0) is 55.5 Å². The normalized spacial score (nSPS) is 14.0. The number of rotatable bonds is 5. The number of carbonyl (C=O) groups excluding carboxylic acids is 3. The van der Waals surface area contributed by atoms with E-state index in [9.17, 15) is 14.4 Å². The maximum absolute atomic E-state index is 12.7. The molecule has 1 N–H and O–H groups in total. The number of nitrogens with zero attached hydrogens (tertiary/aromatic N) is 1. The molecule has 0 unspecified atom stereocenters. The molecule has 0 aromatic heterocycles. The van der Waals surface area contributed by atoms with Gasteiger partial charge in [-0.15, -0.1) is 0 Å². The number of ether oxygens (including phenoxy) is 1. The Bertz CT molecular complexity index is 937. The molecular formula is C19H14Cl2N2O4. The Labute approximate surface area is 165 Å². The molecule has 1 aliphatic heterocycles. The summed E-state index contributed by atoms with van der Waals surface area (Å²) in [5.41, 5.74) is 1.15. The van der Waals surface area contributed by atoms with Crippen molar-refractivity contribution in [3.05, 3.63) is 69.8 Å². The second-order valence-corrected chi connectivity index (χ2v) is 6.35. The number of hydrogen-bond acceptors (Lipinski definition) is 5. The lowest BCUT2D eigenvalue weighted by molar-refractivity contribution is -0.120. The molecule has 0 fully saturated rings. The molecule has 3 rings (SSSR count). The quantitative estimate of drug-likeness (QED) is 0.602. The zero-order valence-corrected chi connectivity index (χ0v) is 15.7. The summed E-state index contributed by atoms with van der Waals surface area (Å²) in [4.78, 5) is 37.8. The maximum atomic E-state index is 12.7. The Morgan fingerprint density at radius 2 is 1.63 bits per heavy atom. The van der Waals surface area contributed by atoms with E-state index in [0.717, 1.165) is 4.90 Å². The predicted octanol–water partition coefficient (Wildman–Crippen LogP) is 3.95. The fraction of sp³-hybridized carbons (Fsp3) is 0.105. The predicted molar refractivity (Wildman–Crippen MR) is 103 cm³/mol. The third kappa shape index (κ3) is 3.82. The van der Waals surface area contributed by atoms with Crippen molar-refractivity contribution in [2.75, 3.05) is 16.8 Å². The SMILES string of the molecule is CCOC(=O)c1ccc(N2C(=O)C(Cl)=C(Nc3ccc(Cl)cc3)C2=O)cc1. The lowest BCUT2D eigenvalue weighted by Crippen LogP contribution is -2.32. The monoisotopic (exact) mass is 404 g/mol. The standard InChI is InChI=1S/C19H14Cl2N2O4/c1-2-27-19(26)11-3-9-14(10-4-11)23-17(24)15(21)16(18(23)25)22-13-7-5-12(20)6-8-13/h3-10,22H,2H2,1H3. The van der Waals surface area contributed by atoms with Crippen LogP contribution in [-0.4, -0.2) is 24.4 Å². The van der Waals surface area contributed by atoms with Crippen LogP contribution in [0.25, 0.3) is 0 Å². The summed E-state index contributed by atoms with van der Waals surface area (Å²) in [6.45, 7) is 1.96. The summed E-state index contributed by atoms with van der Waals surface area (Å²) in [6, 6.07) is 12.5. The lowest BCUT2D eigenvalue weighted by Gasteiger charge is -2.15. The fourth-order valence-corrected chi connectivity index (χ4v) is 2.82. The van der Waals surface area contributed by atoms with E-state index >= 15 is 0 Å². The van der Waals surface area contributed by atoms with E-state index in [1.54, 1.807) is 31.2 Å². The van der Waals surface area contributed by atoms with E-state index in [0.29, 0.717) is 22.0 Å². The molecule has 138 valence electrons. The van der Waals surface area contributed by atoms with E-state index in [4.69, 9.17) is 27.9 Å². The molecule has 8 heteroatoms. The second-order valence-electron chi connectivity index (χ2n) is 5.53. The number of carbonyl (C=O) groups is 3. The number of benzene rings is 2. The summed E-state index contributed by atoms with van der Waals surface area (Å²) >= 11 is 11.9. The highest BCUT2D eigenvalue weighted by atomic mass is 35.5. The highest BCUT2D eigenvalue weighted by molar-refractivity contribution is 6.53. The summed E-state index contributed by atoms with van der Waals surface area (Å²) in [7, 11) is 0. The first-order valence-corrected chi connectivity index (χ1v) is 8.76. The molecule has 0 radical (unpaired) electrons. The molecule has 0 saturated carbocycles. The van der Waals surface area contributed by atoms with Gasteiger partial charge in [0.1, 0.15) is 10.7 Å². The van der Waals surface area contributed by atoms with Crippen LogP contribution in [0.2, 0.25) is 5.02 Å². The van der Waals surface area contributed by atoms with Crippen LogP contribution in [0.15, 0.2) is 59.3 Å². The molecule has 1 aliphatic rings. The molecule has 2 aromatic carbocycles. The van der Waals surface area contributed by atoms with Gasteiger partial charge in [0.25, 0.3) is 11.8 Å². The molecule has 2 amide bonds. The smallest absolute Gasteiger partial charge is 0.338 e. The minimum atomic E-state index is -0.651. The molecule has 0 aliphatic carbocycles. The van der Waals surface area contributed by atoms with Gasteiger partial charge in [0.15, 0.2) is 0 Å². The Morgan fingerprint density at radius 3 is 2.22 bits per heavy atom. The first-order valence-electron chi connectivity index (χ1n) is 8.00. The average molecular weight is 405 g/mol. The first kappa shape index (κ1) is 18.9. The second kappa shape index (κ2) is 7.82. The molecule has 0 bridgehead atoms. The van der Waals surface area contributed by atoms with Gasteiger partial charge in [-0.25, -0.2) is 9.69 Å². The van der Waals surface area contributed by atoms with Crippen molar-refractivity contribution in [1.82, 2.24) is 0 Å². The van der Waals surface area contributed by atoms with Gasteiger partial charge in [0.05, 0.1) is 17.9 Å². The van der Waals surface area contributed by atoms with Crippen molar-refractivity contribution in [2.45, 2.75) is 6.92 Å². The number of amides is 2. The summed E-state index contributed by atoms with van der Waals surface area (Å²) < 4.78 is 4.91. The zero-order chi connectivity index (χ0) is 19.6. The third-order valence-corrected chi connectivity index (χ3v) is 4.38. The van der Waals surface area contributed by atoms with E-state index < -0.39 is 17.8 Å². The minimum Gasteiger partial charge on any atom is -0.462 e. The summed E-state index contributed by atoms with van der Waals surface area (Å²) in [6.07, 6.45) is 0. The number of nitrogens with one attached hydrogen (secondary N) is 1. The molecule has 2 aromatic rings. The van der Waals surface area contributed by atoms with Crippen LogP contribution in [0.1, 0.15) is 17.3 Å². The van der Waals surface area contributed by atoms with E-state index in [-0.39, 0.29) is 17.3 Å². The van der Waals surface area contributed by atoms with Crippen LogP contribution in [-0.2, 0) is 14.3 Å². The average Bonchev–Trinajstić information content (AvgIpc) is 2.87. The van der Waals surface area contributed by atoms with Gasteiger partial charge >= 0.3 is 5.97 Å². The van der Waals surface area contributed by atoms with Crippen LogP contribution in [0.3, 0.4) is 0 Å². The Morgan fingerprint density at radius 1 is 1.00 bits per heavy atom. The van der Waals surface area contributed by atoms with Crippen LogP contribution < -0.4 is 10.2 Å². The van der Waals surface area contributed by atoms with Gasteiger partial charge in [-0.1, -0.05) is 23.2 Å². The molecule has 0 spiro atoms. The minimum absolute atomic E-state index is 0.0292. The van der Waals surface area contributed by atoms with Gasteiger partial charge in [-0.2, -0.15) is 0 Å². The molecule has 0 atom stereocenters. The van der Waals surface area contributed by atoms with Crippen molar-refractivity contribution in [3.8, 4) is 0 Å². The highest BCUT2D eigenvalue weighted by Crippen LogP contribution is 2.30. The van der Waals surface area contributed by atoms with Crippen molar-refractivity contribution in [3.63, 3.8) is 0 Å². The Kier molecular flexibility index (Phi) is 5.48. The number of esters is 1. The van der Waals surface area contributed by atoms with Crippen molar-refractivity contribution in [1.29, 1.82) is 0 Å². The van der Waals surface area contributed by atoms with Gasteiger partial charge in [0.2, 0.25) is 0 Å². The van der Waals surface area contributed by atoms with Gasteiger partial charge in [0, 0.05) is 10.7 Å². The maximum Gasteiger partial charge on any atom is 0.338 e. The summed E-state index contributed by atoms with van der Waals surface area (Å²) in [5.74, 6) is -1.73. The molecule has 1 heterocycles. The Hall–Kier alpha value is -2.83. The largest absolute Gasteiger partial charge is 0.462 e. The van der Waals surface area contributed by atoms with Gasteiger partial charge in [-0.3, -0.25) is 9.59 Å². The Balaban J connectivity index is 1.82. The topological polar surface area (TPSA) is 75.7 Å². The zero-order valence-electron chi connectivity index (χ0n) is 14.2. The third-order valence-electron chi connectivity index (χ3n) is 3.78. The number of imide groups is 1. The molecule has 6 nitrogen and oxygen atoms in total.